The SMILES string of the molecule is CC(C)N(C(=O)Cn1c(CCCNC(=O)COc2ccccc2)nc2ccccc21)C(C)C. The molecule has 7 heteroatoms. The molecule has 0 aliphatic heterocycles. The van der Waals surface area contributed by atoms with Crippen LogP contribution in [0.2, 0.25) is 0 Å². The molecule has 3 rings (SSSR count). The van der Waals surface area contributed by atoms with Gasteiger partial charge in [0, 0.05) is 25.0 Å². The van der Waals surface area contributed by atoms with E-state index in [1.807, 2.05) is 91.8 Å². The highest BCUT2D eigenvalue weighted by Crippen LogP contribution is 2.18. The maximum Gasteiger partial charge on any atom is 0.257 e. The summed E-state index contributed by atoms with van der Waals surface area (Å²) in [5, 5.41) is 2.89. The van der Waals surface area contributed by atoms with Gasteiger partial charge in [0.05, 0.1) is 11.0 Å². The standard InChI is InChI=1S/C26H34N4O3/c1-19(2)30(20(3)4)26(32)17-29-23-14-9-8-13-22(23)28-24(29)15-10-16-27-25(31)18-33-21-11-6-5-7-12-21/h5-9,11-14,19-20H,10,15-18H2,1-4H3,(H,27,31). The van der Waals surface area contributed by atoms with E-state index in [0.29, 0.717) is 25.1 Å². The number of nitrogens with zero attached hydrogens (tertiary/aromatic N) is 3. The van der Waals surface area contributed by atoms with Crippen LogP contribution >= 0.6 is 0 Å². The molecule has 0 saturated carbocycles. The number of amides is 2. The molecule has 0 radical (unpaired) electrons. The van der Waals surface area contributed by atoms with Crippen LogP contribution in [-0.4, -0.2) is 51.5 Å². The smallest absolute Gasteiger partial charge is 0.257 e. The molecule has 3 aromatic rings. The number of rotatable bonds is 11. The summed E-state index contributed by atoms with van der Waals surface area (Å²) in [6, 6.07) is 17.4. The third-order valence-corrected chi connectivity index (χ3v) is 5.44. The van der Waals surface area contributed by atoms with Crippen LogP contribution < -0.4 is 10.1 Å². The molecule has 1 aromatic heterocycles. The summed E-state index contributed by atoms with van der Waals surface area (Å²) in [5.74, 6) is 1.44. The number of hydrogen-bond acceptors (Lipinski definition) is 4. The topological polar surface area (TPSA) is 76.5 Å². The minimum absolute atomic E-state index is 0.0166. The number of carbonyl (C=O) groups is 2. The monoisotopic (exact) mass is 450 g/mol. The maximum atomic E-state index is 13.1. The lowest BCUT2D eigenvalue weighted by molar-refractivity contribution is -0.135. The van der Waals surface area contributed by atoms with Gasteiger partial charge in [-0.05, 0) is 58.4 Å². The molecule has 0 saturated heterocycles. The van der Waals surface area contributed by atoms with Gasteiger partial charge in [-0.15, -0.1) is 0 Å². The lowest BCUT2D eigenvalue weighted by Crippen LogP contribution is -2.43. The van der Waals surface area contributed by atoms with E-state index < -0.39 is 0 Å². The Morgan fingerprint density at radius 1 is 1.00 bits per heavy atom. The summed E-state index contributed by atoms with van der Waals surface area (Å²) in [7, 11) is 0. The summed E-state index contributed by atoms with van der Waals surface area (Å²) < 4.78 is 7.49. The molecular formula is C26H34N4O3. The Kier molecular flexibility index (Phi) is 8.46. The maximum absolute atomic E-state index is 13.1. The van der Waals surface area contributed by atoms with Gasteiger partial charge in [0.15, 0.2) is 6.61 Å². The van der Waals surface area contributed by atoms with Gasteiger partial charge in [0.1, 0.15) is 18.1 Å². The molecule has 2 aromatic carbocycles. The van der Waals surface area contributed by atoms with Crippen LogP contribution in [0, 0.1) is 0 Å². The van der Waals surface area contributed by atoms with Gasteiger partial charge in [0.25, 0.3) is 5.91 Å². The Morgan fingerprint density at radius 3 is 2.36 bits per heavy atom. The van der Waals surface area contributed by atoms with Crippen molar-refractivity contribution < 1.29 is 14.3 Å². The van der Waals surface area contributed by atoms with Gasteiger partial charge in [-0.1, -0.05) is 30.3 Å². The number of imidazole rings is 1. The first kappa shape index (κ1) is 24.3. The van der Waals surface area contributed by atoms with E-state index in [1.54, 1.807) is 0 Å². The van der Waals surface area contributed by atoms with E-state index >= 15 is 0 Å². The lowest BCUT2D eigenvalue weighted by atomic mass is 10.2. The van der Waals surface area contributed by atoms with Crippen LogP contribution in [0.4, 0.5) is 0 Å². The highest BCUT2D eigenvalue weighted by atomic mass is 16.5. The summed E-state index contributed by atoms with van der Waals surface area (Å²) in [4.78, 5) is 31.9. The Hall–Kier alpha value is -3.35. The minimum Gasteiger partial charge on any atom is -0.484 e. The number of carbonyl (C=O) groups excluding carboxylic acids is 2. The predicted octanol–water partition coefficient (Wildman–Crippen LogP) is 3.81. The van der Waals surface area contributed by atoms with Gasteiger partial charge in [-0.25, -0.2) is 4.98 Å². The molecule has 176 valence electrons. The summed E-state index contributed by atoms with van der Waals surface area (Å²) in [6.45, 7) is 8.90. The van der Waals surface area contributed by atoms with Crippen molar-refractivity contribution in [3.63, 3.8) is 0 Å². The van der Waals surface area contributed by atoms with Crippen LogP contribution in [0.25, 0.3) is 11.0 Å². The molecule has 7 nitrogen and oxygen atoms in total. The predicted molar refractivity (Wildman–Crippen MR) is 130 cm³/mol. The summed E-state index contributed by atoms with van der Waals surface area (Å²) in [5.41, 5.74) is 1.83. The van der Waals surface area contributed by atoms with Crippen molar-refractivity contribution in [3.8, 4) is 5.75 Å². The van der Waals surface area contributed by atoms with Gasteiger partial charge in [-0.3, -0.25) is 9.59 Å². The zero-order valence-electron chi connectivity index (χ0n) is 20.0. The Morgan fingerprint density at radius 2 is 1.67 bits per heavy atom. The first-order valence-electron chi connectivity index (χ1n) is 11.6. The first-order chi connectivity index (χ1) is 15.9. The molecule has 1 N–H and O–H groups in total. The Labute approximate surface area is 195 Å². The number of aryl methyl sites for hydroxylation is 1. The third-order valence-electron chi connectivity index (χ3n) is 5.44. The fourth-order valence-corrected chi connectivity index (χ4v) is 4.07. The molecule has 0 aliphatic rings. The molecule has 0 spiro atoms. The minimum atomic E-state index is -0.160. The Bertz CT molecular complexity index is 1050. The van der Waals surface area contributed by atoms with Gasteiger partial charge in [-0.2, -0.15) is 0 Å². The number of benzene rings is 2. The second kappa shape index (κ2) is 11.5. The second-order valence-corrected chi connectivity index (χ2v) is 8.65. The normalized spacial score (nSPS) is 11.2. The largest absolute Gasteiger partial charge is 0.484 e. The van der Waals surface area contributed by atoms with Crippen LogP contribution in [0.5, 0.6) is 5.75 Å². The van der Waals surface area contributed by atoms with Crippen LogP contribution in [0.3, 0.4) is 0 Å². The van der Waals surface area contributed by atoms with Gasteiger partial charge >= 0.3 is 0 Å². The van der Waals surface area contributed by atoms with Crippen molar-refractivity contribution in [2.45, 2.75) is 59.2 Å². The first-order valence-corrected chi connectivity index (χ1v) is 11.6. The summed E-state index contributed by atoms with van der Waals surface area (Å²) in [6.07, 6.45) is 1.37. The molecule has 0 fully saturated rings. The highest BCUT2D eigenvalue weighted by molar-refractivity contribution is 5.81. The van der Waals surface area contributed by atoms with E-state index in [9.17, 15) is 9.59 Å². The van der Waals surface area contributed by atoms with Crippen molar-refractivity contribution in [3.05, 3.63) is 60.4 Å². The van der Waals surface area contributed by atoms with Gasteiger partial charge < -0.3 is 19.5 Å². The van der Waals surface area contributed by atoms with E-state index in [2.05, 4.69) is 5.32 Å². The number of nitrogens with one attached hydrogen (secondary N) is 1. The van der Waals surface area contributed by atoms with Crippen molar-refractivity contribution in [1.82, 2.24) is 19.8 Å². The second-order valence-electron chi connectivity index (χ2n) is 8.65. The molecule has 0 bridgehead atoms. The Balaban J connectivity index is 1.60. The van der Waals surface area contributed by atoms with Crippen LogP contribution in [0.1, 0.15) is 39.9 Å². The molecule has 0 aliphatic carbocycles. The van der Waals surface area contributed by atoms with Crippen LogP contribution in [-0.2, 0) is 22.6 Å². The van der Waals surface area contributed by atoms with Crippen molar-refractivity contribution in [2.24, 2.45) is 0 Å². The van der Waals surface area contributed by atoms with Crippen LogP contribution in [0.15, 0.2) is 54.6 Å². The number of para-hydroxylation sites is 3. The molecule has 1 heterocycles. The number of fused-ring (bicyclic) bond motifs is 1. The molecular weight excluding hydrogens is 416 g/mol. The fraction of sp³-hybridized carbons (Fsp3) is 0.423. The molecule has 0 unspecified atom stereocenters. The van der Waals surface area contributed by atoms with E-state index in [4.69, 9.17) is 9.72 Å². The van der Waals surface area contributed by atoms with E-state index in [1.165, 1.54) is 0 Å². The zero-order chi connectivity index (χ0) is 23.8. The zero-order valence-corrected chi connectivity index (χ0v) is 20.0. The molecule has 2 amide bonds. The highest BCUT2D eigenvalue weighted by Gasteiger charge is 2.22. The van der Waals surface area contributed by atoms with Crippen molar-refractivity contribution >= 4 is 22.8 Å². The van der Waals surface area contributed by atoms with E-state index in [-0.39, 0.29) is 37.0 Å². The van der Waals surface area contributed by atoms with Gasteiger partial charge in [0.2, 0.25) is 5.91 Å². The number of ether oxygens (including phenoxy) is 1. The number of hydrogen-bond donors (Lipinski definition) is 1. The number of aromatic nitrogens is 2. The quantitative estimate of drug-likeness (QED) is 0.451. The average Bonchev–Trinajstić information content (AvgIpc) is 3.12. The molecule has 0 atom stereocenters. The van der Waals surface area contributed by atoms with Crippen molar-refractivity contribution in [1.29, 1.82) is 0 Å². The third kappa shape index (κ3) is 6.57. The fourth-order valence-electron chi connectivity index (χ4n) is 4.07. The summed E-state index contributed by atoms with van der Waals surface area (Å²) >= 11 is 0. The molecule has 33 heavy (non-hydrogen) atoms. The average molecular weight is 451 g/mol. The van der Waals surface area contributed by atoms with Crippen molar-refractivity contribution in [2.75, 3.05) is 13.2 Å². The lowest BCUT2D eigenvalue weighted by Gasteiger charge is -2.31. The van der Waals surface area contributed by atoms with E-state index in [0.717, 1.165) is 16.9 Å².